The second-order valence-electron chi connectivity index (χ2n) is 7.67. The maximum Gasteiger partial charge on any atom is 0.328 e. The molecule has 0 N–H and O–H groups in total. The number of methoxy groups -OCH3 is 1. The van der Waals surface area contributed by atoms with Crippen LogP contribution in [0.5, 0.6) is 5.75 Å². The average Bonchev–Trinajstić information content (AvgIpc) is 3.15. The Bertz CT molecular complexity index is 1390. The number of thioether (sulfide) groups is 1. The van der Waals surface area contributed by atoms with Crippen molar-refractivity contribution in [1.82, 2.24) is 4.90 Å². The Morgan fingerprint density at radius 3 is 2.66 bits per heavy atom. The van der Waals surface area contributed by atoms with E-state index in [1.54, 1.807) is 24.3 Å². The van der Waals surface area contributed by atoms with E-state index in [0.717, 1.165) is 27.4 Å². The fourth-order valence-electron chi connectivity index (χ4n) is 3.69. The number of hydrogen-bond acceptors (Lipinski definition) is 8. The molecule has 35 heavy (non-hydrogen) atoms. The van der Waals surface area contributed by atoms with Crippen molar-refractivity contribution in [2.24, 2.45) is 0 Å². The van der Waals surface area contributed by atoms with Crippen molar-refractivity contribution in [3.8, 4) is 5.75 Å². The van der Waals surface area contributed by atoms with Crippen LogP contribution in [0, 0.1) is 10.1 Å². The Morgan fingerprint density at radius 1 is 1.14 bits per heavy atom. The summed E-state index contributed by atoms with van der Waals surface area (Å²) >= 11 is 0.730. The Labute approximate surface area is 204 Å². The highest BCUT2D eigenvalue weighted by molar-refractivity contribution is 8.18. The van der Waals surface area contributed by atoms with Gasteiger partial charge in [0.1, 0.15) is 18.4 Å². The number of carbonyl (C=O) groups is 3. The van der Waals surface area contributed by atoms with Crippen LogP contribution in [0.15, 0.2) is 65.6 Å². The summed E-state index contributed by atoms with van der Waals surface area (Å²) in [6.07, 6.45) is 1.57. The molecule has 1 fully saturated rings. The summed E-state index contributed by atoms with van der Waals surface area (Å²) in [6.45, 7) is 1.48. The molecule has 4 rings (SSSR count). The number of nitro groups is 1. The van der Waals surface area contributed by atoms with Gasteiger partial charge in [0.2, 0.25) is 0 Å². The number of nitro benzene ring substituents is 1. The molecule has 2 amide bonds. The maximum atomic E-state index is 13.0. The van der Waals surface area contributed by atoms with Gasteiger partial charge < -0.3 is 9.47 Å². The molecule has 0 unspecified atom stereocenters. The second kappa shape index (κ2) is 9.98. The zero-order chi connectivity index (χ0) is 25.1. The molecule has 1 aliphatic heterocycles. The lowest BCUT2D eigenvalue weighted by Gasteiger charge is -2.18. The number of imide groups is 1. The molecule has 178 valence electrons. The molecule has 1 saturated heterocycles. The summed E-state index contributed by atoms with van der Waals surface area (Å²) < 4.78 is 10.7. The summed E-state index contributed by atoms with van der Waals surface area (Å²) in [4.78, 5) is 49.1. The van der Waals surface area contributed by atoms with E-state index in [1.807, 2.05) is 30.3 Å². The number of hydrogen-bond donors (Lipinski definition) is 0. The summed E-state index contributed by atoms with van der Waals surface area (Å²) in [5.41, 5.74) is 1.13. The van der Waals surface area contributed by atoms with Gasteiger partial charge in [0.05, 0.1) is 16.9 Å². The van der Waals surface area contributed by atoms with E-state index in [0.29, 0.717) is 16.9 Å². The number of fused-ring (bicyclic) bond motifs is 1. The van der Waals surface area contributed by atoms with Gasteiger partial charge >= 0.3 is 5.97 Å². The third kappa shape index (κ3) is 4.87. The average molecular weight is 493 g/mol. The van der Waals surface area contributed by atoms with Gasteiger partial charge in [0, 0.05) is 17.7 Å². The van der Waals surface area contributed by atoms with Crippen LogP contribution in [0.25, 0.3) is 16.8 Å². The van der Waals surface area contributed by atoms with Crippen LogP contribution < -0.4 is 4.74 Å². The normalized spacial score (nSPS) is 15.5. The highest BCUT2D eigenvalue weighted by Crippen LogP contribution is 2.38. The van der Waals surface area contributed by atoms with Crippen LogP contribution in [0.4, 0.5) is 10.5 Å². The summed E-state index contributed by atoms with van der Waals surface area (Å²) in [5, 5.41) is 12.2. The lowest BCUT2D eigenvalue weighted by atomic mass is 10.0. The number of non-ortho nitro benzene ring substituents is 1. The quantitative estimate of drug-likeness (QED) is 0.197. The Morgan fingerprint density at radius 2 is 1.91 bits per heavy atom. The minimum absolute atomic E-state index is 0.0433. The van der Waals surface area contributed by atoms with E-state index in [1.165, 1.54) is 26.2 Å². The van der Waals surface area contributed by atoms with Crippen LogP contribution in [0.1, 0.15) is 18.1 Å². The minimum atomic E-state index is -1.06. The van der Waals surface area contributed by atoms with Gasteiger partial charge in [-0.1, -0.05) is 42.5 Å². The van der Waals surface area contributed by atoms with Crippen LogP contribution >= 0.6 is 11.8 Å². The van der Waals surface area contributed by atoms with Crippen molar-refractivity contribution in [2.75, 3.05) is 7.11 Å². The molecule has 0 bridgehead atoms. The van der Waals surface area contributed by atoms with E-state index in [-0.39, 0.29) is 17.2 Å². The zero-order valence-electron chi connectivity index (χ0n) is 18.8. The molecule has 0 radical (unpaired) electrons. The van der Waals surface area contributed by atoms with Crippen molar-refractivity contribution >= 4 is 51.4 Å². The SMILES string of the molecule is COC(=O)[C@H](C)N1C(=O)S/C(=C/c2c(OCc3cccc([N+](=O)[O-])c3)ccc3ccccc23)C1=O. The van der Waals surface area contributed by atoms with Gasteiger partial charge in [-0.3, -0.25) is 24.6 Å². The summed E-state index contributed by atoms with van der Waals surface area (Å²) in [7, 11) is 1.19. The molecule has 1 aliphatic rings. The first-order chi connectivity index (χ1) is 16.8. The topological polar surface area (TPSA) is 116 Å². The highest BCUT2D eigenvalue weighted by atomic mass is 32.2. The predicted molar refractivity (Wildman–Crippen MR) is 131 cm³/mol. The first-order valence-electron chi connectivity index (χ1n) is 10.5. The largest absolute Gasteiger partial charge is 0.488 e. The molecule has 0 aliphatic carbocycles. The van der Waals surface area contributed by atoms with Gasteiger partial charge in [-0.15, -0.1) is 0 Å². The standard InChI is InChI=1S/C25H20N2O7S/c1-15(24(29)33-2)26-23(28)22(35-25(26)30)13-20-19-9-4-3-7-17(19)10-11-21(20)34-14-16-6-5-8-18(12-16)27(31)32/h3-13,15H,14H2,1-2H3/b22-13+/t15-/m0/s1. The highest BCUT2D eigenvalue weighted by Gasteiger charge is 2.41. The Balaban J connectivity index is 1.71. The Kier molecular flexibility index (Phi) is 6.83. The molecule has 1 heterocycles. The smallest absolute Gasteiger partial charge is 0.328 e. The zero-order valence-corrected chi connectivity index (χ0v) is 19.6. The maximum absolute atomic E-state index is 13.0. The first kappa shape index (κ1) is 24.0. The Hall–Kier alpha value is -4.18. The fraction of sp³-hybridized carbons (Fsp3) is 0.160. The number of ether oxygens (including phenoxy) is 2. The lowest BCUT2D eigenvalue weighted by Crippen LogP contribution is -2.42. The van der Waals surface area contributed by atoms with E-state index >= 15 is 0 Å². The van der Waals surface area contributed by atoms with Crippen LogP contribution in [0.2, 0.25) is 0 Å². The van der Waals surface area contributed by atoms with Gasteiger partial charge in [0.25, 0.3) is 16.8 Å². The third-order valence-corrected chi connectivity index (χ3v) is 6.36. The minimum Gasteiger partial charge on any atom is -0.488 e. The van der Waals surface area contributed by atoms with E-state index < -0.39 is 28.1 Å². The number of amides is 2. The molecular formula is C25H20N2O7S. The van der Waals surface area contributed by atoms with Crippen LogP contribution in [0.3, 0.4) is 0 Å². The molecule has 1 atom stereocenters. The molecule has 10 heteroatoms. The van der Waals surface area contributed by atoms with Crippen molar-refractivity contribution in [2.45, 2.75) is 19.6 Å². The molecule has 9 nitrogen and oxygen atoms in total. The van der Waals surface area contributed by atoms with Gasteiger partial charge in [0.15, 0.2) is 0 Å². The first-order valence-corrected chi connectivity index (χ1v) is 11.3. The predicted octanol–water partition coefficient (Wildman–Crippen LogP) is 4.92. The molecule has 0 aromatic heterocycles. The van der Waals surface area contributed by atoms with Crippen molar-refractivity contribution in [1.29, 1.82) is 0 Å². The van der Waals surface area contributed by atoms with Crippen molar-refractivity contribution < 1.29 is 28.8 Å². The number of benzene rings is 3. The van der Waals surface area contributed by atoms with Gasteiger partial charge in [-0.2, -0.15) is 0 Å². The van der Waals surface area contributed by atoms with E-state index in [9.17, 15) is 24.5 Å². The summed E-state index contributed by atoms with van der Waals surface area (Å²) in [6, 6.07) is 16.2. The number of esters is 1. The molecule has 0 saturated carbocycles. The second-order valence-corrected chi connectivity index (χ2v) is 8.66. The third-order valence-electron chi connectivity index (χ3n) is 5.47. The van der Waals surface area contributed by atoms with Gasteiger partial charge in [-0.25, -0.2) is 4.79 Å². The lowest BCUT2D eigenvalue weighted by molar-refractivity contribution is -0.384. The van der Waals surface area contributed by atoms with Crippen molar-refractivity contribution in [3.05, 3.63) is 86.8 Å². The summed E-state index contributed by atoms with van der Waals surface area (Å²) in [5.74, 6) is -0.863. The van der Waals surface area contributed by atoms with Crippen LogP contribution in [-0.4, -0.2) is 40.1 Å². The number of carbonyl (C=O) groups excluding carboxylic acids is 3. The molecule has 0 spiro atoms. The number of rotatable bonds is 7. The van der Waals surface area contributed by atoms with Crippen LogP contribution in [-0.2, 0) is 20.9 Å². The number of nitrogens with zero attached hydrogens (tertiary/aromatic N) is 2. The van der Waals surface area contributed by atoms with E-state index in [4.69, 9.17) is 4.74 Å². The van der Waals surface area contributed by atoms with Crippen molar-refractivity contribution in [3.63, 3.8) is 0 Å². The van der Waals surface area contributed by atoms with Gasteiger partial charge in [-0.05, 0) is 47.2 Å². The van der Waals surface area contributed by atoms with E-state index in [2.05, 4.69) is 4.74 Å². The molecule has 3 aromatic rings. The monoisotopic (exact) mass is 492 g/mol. The molecule has 3 aromatic carbocycles. The fourth-order valence-corrected chi connectivity index (χ4v) is 4.58. The molecular weight excluding hydrogens is 472 g/mol.